The first-order valence-corrected chi connectivity index (χ1v) is 26.0. The number of ether oxygens (including phenoxy) is 4. The van der Waals surface area contributed by atoms with Gasteiger partial charge in [-0.3, -0.25) is 59.6 Å². The smallest absolute Gasteiger partial charge is 0.234 e. The van der Waals surface area contributed by atoms with Crippen molar-refractivity contribution in [3.05, 3.63) is 119 Å². The summed E-state index contributed by atoms with van der Waals surface area (Å²) in [6.45, 7) is 16.4. The van der Waals surface area contributed by atoms with Crippen LogP contribution in [0.1, 0.15) is 77.6 Å². The van der Waals surface area contributed by atoms with Gasteiger partial charge in [-0.2, -0.15) is 0 Å². The molecular formula is C56H84N12O12. The fourth-order valence-corrected chi connectivity index (χ4v) is 7.00. The average Bonchev–Trinajstić information content (AvgIpc) is 3.40. The van der Waals surface area contributed by atoms with E-state index in [9.17, 15) is 38.4 Å². The van der Waals surface area contributed by atoms with Crippen molar-refractivity contribution in [3.8, 4) is 23.0 Å². The van der Waals surface area contributed by atoms with Crippen LogP contribution in [-0.4, -0.2) is 122 Å². The Hall–Kier alpha value is -8.32. The molecule has 8 amide bonds. The molecule has 0 aromatic heterocycles. The van der Waals surface area contributed by atoms with Gasteiger partial charge in [-0.1, -0.05) is 48.5 Å². The van der Waals surface area contributed by atoms with Gasteiger partial charge in [0, 0.05) is 0 Å². The maximum Gasteiger partial charge on any atom is 0.234 e. The predicted molar refractivity (Wildman–Crippen MR) is 304 cm³/mol. The molecule has 0 saturated heterocycles. The SMILES string of the molecule is CCOc1ccc(CC(N[C@H](C)C(N)=O)C(N)=O)cc1.CCOc1ccc(C[C@@H](NC(C)C(N)=O)C(N)=O)cc1.CCOc1ccc(C[C@@H](N[C@@H](C)C(N)=O)C(N)=O)cc1.CCOc1ccc(C[C@H](N[C@H](C)C(N)=O)C(N)=O)cc1. The van der Waals surface area contributed by atoms with Gasteiger partial charge in [-0.15, -0.1) is 0 Å². The summed E-state index contributed by atoms with van der Waals surface area (Å²) in [5.74, 6) is -1.11. The van der Waals surface area contributed by atoms with Crippen molar-refractivity contribution in [2.75, 3.05) is 26.4 Å². The minimum atomic E-state index is -0.643. The minimum absolute atomic E-state index is 0.388. The zero-order chi connectivity index (χ0) is 60.5. The van der Waals surface area contributed by atoms with Crippen LogP contribution in [0.25, 0.3) is 0 Å². The van der Waals surface area contributed by atoms with E-state index >= 15 is 0 Å². The Bertz CT molecular complexity index is 2190. The normalized spacial score (nSPS) is 13.5. The number of benzene rings is 4. The van der Waals surface area contributed by atoms with Crippen LogP contribution < -0.4 is 86.1 Å². The lowest BCUT2D eigenvalue weighted by atomic mass is 10.0. The number of primary amides is 8. The van der Waals surface area contributed by atoms with Crippen molar-refractivity contribution in [1.82, 2.24) is 21.3 Å². The Balaban J connectivity index is 0.000000533. The lowest BCUT2D eigenvalue weighted by molar-refractivity contribution is -0.123. The summed E-state index contributed by atoms with van der Waals surface area (Å²) in [5, 5.41) is 11.3. The van der Waals surface area contributed by atoms with Crippen LogP contribution in [0.4, 0.5) is 0 Å². The van der Waals surface area contributed by atoms with Crippen LogP contribution in [0.3, 0.4) is 0 Å². The van der Waals surface area contributed by atoms with Crippen LogP contribution in [0.2, 0.25) is 0 Å². The van der Waals surface area contributed by atoms with Gasteiger partial charge in [0.15, 0.2) is 0 Å². The number of nitrogens with two attached hydrogens (primary N) is 8. The van der Waals surface area contributed by atoms with Crippen LogP contribution >= 0.6 is 0 Å². The summed E-state index contributed by atoms with van der Waals surface area (Å²) < 4.78 is 21.4. The van der Waals surface area contributed by atoms with E-state index < -0.39 is 95.6 Å². The molecule has 0 fully saturated rings. The Morgan fingerprint density at radius 1 is 0.300 bits per heavy atom. The third kappa shape index (κ3) is 28.3. The summed E-state index contributed by atoms with van der Waals surface area (Å²) in [7, 11) is 0. The molecule has 2 unspecified atom stereocenters. The fraction of sp³-hybridized carbons (Fsp3) is 0.429. The molecule has 0 saturated carbocycles. The summed E-state index contributed by atoms with van der Waals surface area (Å²) in [5.41, 5.74) is 45.6. The standard InChI is InChI=1S/4C14H21N3O3/c4*1-3-20-11-6-4-10(5-7-11)8-12(14(16)19)17-9(2)13(15)18/h4*4-7,9,12,17H,3,8H2,1-2H3,(H2,15,18)(H2,16,19)/t9?,12-;9-,12?;2*9-,12+/m1110/s1. The van der Waals surface area contributed by atoms with Gasteiger partial charge in [0.2, 0.25) is 47.3 Å². The maximum atomic E-state index is 11.4. The molecule has 0 heterocycles. The fourth-order valence-electron chi connectivity index (χ4n) is 7.00. The molecule has 0 spiro atoms. The third-order valence-electron chi connectivity index (χ3n) is 11.6. The van der Waals surface area contributed by atoms with E-state index in [0.717, 1.165) is 45.3 Å². The van der Waals surface area contributed by atoms with E-state index in [1.54, 1.807) is 27.7 Å². The molecule has 4 rings (SSSR count). The van der Waals surface area contributed by atoms with Gasteiger partial charge < -0.3 is 64.8 Å². The predicted octanol–water partition coefficient (Wildman–Crippen LogP) is -0.220. The van der Waals surface area contributed by atoms with Crippen molar-refractivity contribution in [1.29, 1.82) is 0 Å². The molecule has 0 bridgehead atoms. The first-order valence-electron chi connectivity index (χ1n) is 26.0. The van der Waals surface area contributed by atoms with Crippen molar-refractivity contribution in [2.24, 2.45) is 45.9 Å². The van der Waals surface area contributed by atoms with Gasteiger partial charge in [0.25, 0.3) is 0 Å². The van der Waals surface area contributed by atoms with Gasteiger partial charge in [-0.05, 0) is 152 Å². The summed E-state index contributed by atoms with van der Waals surface area (Å²) in [6, 6.07) is 24.5. The van der Waals surface area contributed by atoms with E-state index in [-0.39, 0.29) is 0 Å². The highest BCUT2D eigenvalue weighted by Gasteiger charge is 2.24. The number of hydrogen-bond donors (Lipinski definition) is 12. The Kier molecular flexibility index (Phi) is 32.7. The lowest BCUT2D eigenvalue weighted by Crippen LogP contribution is -2.51. The van der Waals surface area contributed by atoms with E-state index in [1.807, 2.05) is 125 Å². The molecule has 4 aromatic rings. The number of carbonyl (C=O) groups excluding carboxylic acids is 8. The highest BCUT2D eigenvalue weighted by molar-refractivity contribution is 5.85. The third-order valence-corrected chi connectivity index (χ3v) is 11.6. The van der Waals surface area contributed by atoms with Crippen molar-refractivity contribution < 1.29 is 57.3 Å². The molecule has 20 N–H and O–H groups in total. The number of hydrogen-bond acceptors (Lipinski definition) is 16. The Morgan fingerprint density at radius 3 is 0.562 bits per heavy atom. The molecule has 80 heavy (non-hydrogen) atoms. The second-order valence-corrected chi connectivity index (χ2v) is 18.1. The van der Waals surface area contributed by atoms with Gasteiger partial charge in [0.1, 0.15) is 23.0 Å². The quantitative estimate of drug-likeness (QED) is 0.0301. The van der Waals surface area contributed by atoms with E-state index in [2.05, 4.69) is 21.3 Å². The number of carbonyl (C=O) groups is 8. The lowest BCUT2D eigenvalue weighted by Gasteiger charge is -2.19. The zero-order valence-electron chi connectivity index (χ0n) is 47.0. The van der Waals surface area contributed by atoms with Crippen LogP contribution in [0, 0.1) is 0 Å². The number of rotatable bonds is 32. The highest BCUT2D eigenvalue weighted by Crippen LogP contribution is 2.17. The Morgan fingerprint density at radius 2 is 0.450 bits per heavy atom. The number of nitrogens with one attached hydrogen (secondary N) is 4. The summed E-state index contributed by atoms with van der Waals surface area (Å²) in [4.78, 5) is 89.7. The molecule has 24 heteroatoms. The molecule has 24 nitrogen and oxygen atoms in total. The zero-order valence-corrected chi connectivity index (χ0v) is 47.0. The van der Waals surface area contributed by atoms with Crippen molar-refractivity contribution in [2.45, 2.75) is 129 Å². The molecule has 0 aliphatic carbocycles. The largest absolute Gasteiger partial charge is 0.494 e. The molecule has 0 aliphatic rings. The first-order chi connectivity index (χ1) is 37.7. The van der Waals surface area contributed by atoms with E-state index in [4.69, 9.17) is 64.8 Å². The van der Waals surface area contributed by atoms with Crippen molar-refractivity contribution >= 4 is 47.3 Å². The van der Waals surface area contributed by atoms with Crippen molar-refractivity contribution in [3.63, 3.8) is 0 Å². The molecule has 440 valence electrons. The first kappa shape index (κ1) is 69.7. The molecule has 8 atom stereocenters. The highest BCUT2D eigenvalue weighted by atomic mass is 16.5. The summed E-state index contributed by atoms with van der Waals surface area (Å²) in [6.07, 6.45) is 1.55. The van der Waals surface area contributed by atoms with Gasteiger partial charge >= 0.3 is 0 Å². The Labute approximate surface area is 468 Å². The molecule has 0 radical (unpaired) electrons. The second kappa shape index (κ2) is 37.5. The molecule has 4 aromatic carbocycles. The number of amides is 8. The van der Waals surface area contributed by atoms with E-state index in [0.29, 0.717) is 52.1 Å². The van der Waals surface area contributed by atoms with Crippen LogP contribution in [-0.2, 0) is 64.0 Å². The van der Waals surface area contributed by atoms with Crippen LogP contribution in [0.15, 0.2) is 97.1 Å². The molecule has 0 aliphatic heterocycles. The summed E-state index contributed by atoms with van der Waals surface area (Å²) >= 11 is 0. The second-order valence-electron chi connectivity index (χ2n) is 18.1. The van der Waals surface area contributed by atoms with Crippen LogP contribution in [0.5, 0.6) is 23.0 Å². The van der Waals surface area contributed by atoms with Gasteiger partial charge in [-0.25, -0.2) is 0 Å². The topological polar surface area (TPSA) is 430 Å². The average molecular weight is 1120 g/mol. The monoisotopic (exact) mass is 1120 g/mol. The van der Waals surface area contributed by atoms with E-state index in [1.165, 1.54) is 0 Å². The molecular weight excluding hydrogens is 1030 g/mol. The maximum absolute atomic E-state index is 11.4. The minimum Gasteiger partial charge on any atom is -0.494 e. The van der Waals surface area contributed by atoms with Gasteiger partial charge in [0.05, 0.1) is 74.8 Å².